The van der Waals surface area contributed by atoms with Crippen LogP contribution in [0.2, 0.25) is 0 Å². The average molecular weight is 938 g/mol. The van der Waals surface area contributed by atoms with Crippen molar-refractivity contribution >= 4 is 81.7 Å². The van der Waals surface area contributed by atoms with Crippen molar-refractivity contribution in [3.63, 3.8) is 0 Å². The number of hydrogen-bond donors (Lipinski definition) is 0. The van der Waals surface area contributed by atoms with Gasteiger partial charge in [0.05, 0.1) is 16.8 Å². The van der Waals surface area contributed by atoms with Crippen molar-refractivity contribution in [1.82, 2.24) is 0 Å². The quantitative estimate of drug-likeness (QED) is 0.144. The highest BCUT2D eigenvalue weighted by Crippen LogP contribution is 2.57. The molecule has 0 aromatic heterocycles. The lowest BCUT2D eigenvalue weighted by atomic mass is 9.67. The second-order valence-electron chi connectivity index (χ2n) is 19.9. The van der Waals surface area contributed by atoms with E-state index in [0.29, 0.717) is 0 Å². The van der Waals surface area contributed by atoms with Crippen molar-refractivity contribution in [2.75, 3.05) is 4.90 Å². The van der Waals surface area contributed by atoms with E-state index in [1.165, 1.54) is 120 Å². The normalized spacial score (nSPS) is 12.7. The summed E-state index contributed by atoms with van der Waals surface area (Å²) in [6, 6.07) is 106. The lowest BCUT2D eigenvalue weighted by molar-refractivity contribution is 0.768. The molecule has 0 fully saturated rings. The van der Waals surface area contributed by atoms with Crippen LogP contribution < -0.4 is 4.90 Å². The summed E-state index contributed by atoms with van der Waals surface area (Å²) >= 11 is 0. The lowest BCUT2D eigenvalue weighted by Gasteiger charge is -2.34. The van der Waals surface area contributed by atoms with Gasteiger partial charge in [-0.05, 0) is 158 Å². The minimum absolute atomic E-state index is 0.460. The number of nitrogens with zero attached hydrogens (tertiary/aromatic N) is 1. The lowest BCUT2D eigenvalue weighted by Crippen LogP contribution is -2.28. The largest absolute Gasteiger partial charge is 0.309 e. The Bertz CT molecular complexity index is 4420. The van der Waals surface area contributed by atoms with E-state index in [-0.39, 0.29) is 0 Å². The van der Waals surface area contributed by atoms with Crippen LogP contribution in [0.1, 0.15) is 22.3 Å². The first-order valence-electron chi connectivity index (χ1n) is 25.7. The number of fused-ring (bicyclic) bond motifs is 9. The Labute approximate surface area is 430 Å². The molecule has 0 heterocycles. The molecule has 0 saturated heterocycles. The molecular weight excluding hydrogens is 891 g/mol. The fraction of sp³-hybridized carbons (Fsp3) is 0.0137. The molecule has 1 aliphatic carbocycles. The fourth-order valence-electron chi connectivity index (χ4n) is 12.8. The van der Waals surface area contributed by atoms with Crippen LogP contribution in [0.15, 0.2) is 285 Å². The van der Waals surface area contributed by atoms with Gasteiger partial charge in [-0.1, -0.05) is 237 Å². The molecule has 0 atom stereocenters. The van der Waals surface area contributed by atoms with Gasteiger partial charge in [-0.15, -0.1) is 0 Å². The maximum absolute atomic E-state index is 2.49. The van der Waals surface area contributed by atoms with Crippen molar-refractivity contribution in [2.45, 2.75) is 5.41 Å². The molecule has 0 N–H and O–H groups in total. The molecule has 0 saturated carbocycles. The van der Waals surface area contributed by atoms with Gasteiger partial charge < -0.3 is 4.90 Å². The van der Waals surface area contributed by atoms with E-state index in [2.05, 4.69) is 290 Å². The van der Waals surface area contributed by atoms with E-state index >= 15 is 0 Å². The van der Waals surface area contributed by atoms with E-state index in [9.17, 15) is 0 Å². The van der Waals surface area contributed by atoms with Gasteiger partial charge in [-0.25, -0.2) is 0 Å². The summed E-state index contributed by atoms with van der Waals surface area (Å²) in [4.78, 5) is 2.45. The Morgan fingerprint density at radius 2 is 0.676 bits per heavy atom. The second-order valence-corrected chi connectivity index (χ2v) is 19.9. The molecule has 1 nitrogen and oxygen atoms in total. The zero-order valence-corrected chi connectivity index (χ0v) is 40.6. The molecule has 0 spiro atoms. The number of anilines is 3. The van der Waals surface area contributed by atoms with Crippen LogP contribution in [0.4, 0.5) is 17.1 Å². The number of hydrogen-bond acceptors (Lipinski definition) is 1. The molecule has 14 aromatic rings. The molecular formula is C73H47N. The summed E-state index contributed by atoms with van der Waals surface area (Å²) in [5, 5.41) is 14.7. The summed E-state index contributed by atoms with van der Waals surface area (Å²) in [5.41, 5.74) is 15.6. The van der Waals surface area contributed by atoms with Crippen LogP contribution >= 0.6 is 0 Å². The molecule has 0 unspecified atom stereocenters. The molecule has 1 aliphatic rings. The van der Waals surface area contributed by atoms with Crippen LogP contribution in [0.25, 0.3) is 98.0 Å². The first-order chi connectivity index (χ1) is 36.7. The average Bonchev–Trinajstić information content (AvgIpc) is 3.78. The molecule has 0 amide bonds. The van der Waals surface area contributed by atoms with Crippen LogP contribution in [-0.2, 0) is 5.41 Å². The molecule has 74 heavy (non-hydrogen) atoms. The van der Waals surface area contributed by atoms with Crippen molar-refractivity contribution in [3.05, 3.63) is 307 Å². The van der Waals surface area contributed by atoms with E-state index in [4.69, 9.17) is 0 Å². The van der Waals surface area contributed by atoms with E-state index in [0.717, 1.165) is 17.1 Å². The third-order valence-electron chi connectivity index (χ3n) is 16.0. The van der Waals surface area contributed by atoms with Crippen LogP contribution in [0.3, 0.4) is 0 Å². The fourth-order valence-corrected chi connectivity index (χ4v) is 12.8. The first kappa shape index (κ1) is 42.2. The highest BCUT2D eigenvalue weighted by molar-refractivity contribution is 6.24. The van der Waals surface area contributed by atoms with Gasteiger partial charge in [0.2, 0.25) is 0 Å². The van der Waals surface area contributed by atoms with Gasteiger partial charge in [-0.3, -0.25) is 0 Å². The second kappa shape index (κ2) is 16.8. The van der Waals surface area contributed by atoms with Crippen LogP contribution in [-0.4, -0.2) is 0 Å². The van der Waals surface area contributed by atoms with Crippen molar-refractivity contribution in [1.29, 1.82) is 0 Å². The van der Waals surface area contributed by atoms with Gasteiger partial charge >= 0.3 is 0 Å². The zero-order chi connectivity index (χ0) is 48.7. The highest BCUT2D eigenvalue weighted by atomic mass is 15.1. The standard InChI is InChI=1S/C73H47N/c1-3-25-56(26-4-1)73(57-27-5-2-6-28-57)67-34-16-15-31-61(67)64-47-55(40-42-68(64)73)72-63-33-14-13-32-62(63)71(65-45-50-21-7-8-22-51(50)46-66(65)72)54-38-37-53-44-58(41-39-52(53)43-54)74(69-35-17-23-48-19-9-11-29-59(48)69)70-36-18-24-49-20-10-12-30-60(49)70/h1-47H. The predicted molar refractivity (Wildman–Crippen MR) is 314 cm³/mol. The molecule has 344 valence electrons. The molecule has 0 aliphatic heterocycles. The SMILES string of the molecule is c1ccc(C2(c3ccccc3)c3ccccc3-c3cc(-c4c5ccccc5c(-c5ccc6cc(N(c7cccc8ccccc78)c7cccc8ccccc78)ccc6c5)c5cc6ccccc6cc45)ccc32)cc1. The minimum atomic E-state index is -0.460. The Morgan fingerprint density at radius 1 is 0.243 bits per heavy atom. The van der Waals surface area contributed by atoms with Crippen molar-refractivity contribution < 1.29 is 0 Å². The van der Waals surface area contributed by atoms with Crippen molar-refractivity contribution in [3.8, 4) is 33.4 Å². The number of benzene rings is 14. The smallest absolute Gasteiger partial charge is 0.0713 e. The molecule has 1 heteroatoms. The Balaban J connectivity index is 0.934. The van der Waals surface area contributed by atoms with E-state index < -0.39 is 5.41 Å². The summed E-state index contributed by atoms with van der Waals surface area (Å²) in [6.45, 7) is 0. The summed E-state index contributed by atoms with van der Waals surface area (Å²) < 4.78 is 0. The van der Waals surface area contributed by atoms with Gasteiger partial charge in [0, 0.05) is 16.5 Å². The zero-order valence-electron chi connectivity index (χ0n) is 40.6. The van der Waals surface area contributed by atoms with E-state index in [1.807, 2.05) is 0 Å². The molecule has 0 radical (unpaired) electrons. The van der Waals surface area contributed by atoms with Gasteiger partial charge in [0.25, 0.3) is 0 Å². The topological polar surface area (TPSA) is 3.24 Å². The summed E-state index contributed by atoms with van der Waals surface area (Å²) in [7, 11) is 0. The van der Waals surface area contributed by atoms with E-state index in [1.54, 1.807) is 0 Å². The summed E-state index contributed by atoms with van der Waals surface area (Å²) in [5.74, 6) is 0. The van der Waals surface area contributed by atoms with Crippen LogP contribution in [0, 0.1) is 0 Å². The minimum Gasteiger partial charge on any atom is -0.309 e. The van der Waals surface area contributed by atoms with Gasteiger partial charge in [0.15, 0.2) is 0 Å². The maximum atomic E-state index is 2.49. The Morgan fingerprint density at radius 3 is 1.28 bits per heavy atom. The first-order valence-corrected chi connectivity index (χ1v) is 25.7. The van der Waals surface area contributed by atoms with Crippen LogP contribution in [0.5, 0.6) is 0 Å². The highest BCUT2D eigenvalue weighted by Gasteiger charge is 2.46. The third-order valence-corrected chi connectivity index (χ3v) is 16.0. The maximum Gasteiger partial charge on any atom is 0.0713 e. The third kappa shape index (κ3) is 6.36. The van der Waals surface area contributed by atoms with Gasteiger partial charge in [0.1, 0.15) is 0 Å². The number of rotatable bonds is 7. The molecule has 15 rings (SSSR count). The monoisotopic (exact) mass is 937 g/mol. The molecule has 14 aromatic carbocycles. The Hall–Kier alpha value is -9.56. The van der Waals surface area contributed by atoms with Gasteiger partial charge in [-0.2, -0.15) is 0 Å². The predicted octanol–water partition coefficient (Wildman–Crippen LogP) is 19.8. The Kier molecular flexibility index (Phi) is 9.55. The van der Waals surface area contributed by atoms with Crippen molar-refractivity contribution in [2.24, 2.45) is 0 Å². The molecule has 0 bridgehead atoms. The summed E-state index contributed by atoms with van der Waals surface area (Å²) in [6.07, 6.45) is 0.